The summed E-state index contributed by atoms with van der Waals surface area (Å²) in [6.45, 7) is 3.54. The van der Waals surface area contributed by atoms with Gasteiger partial charge < -0.3 is 20.7 Å². The number of piperidine rings is 3. The molecule has 3 saturated heterocycles. The number of fused-ring (bicyclic) bond motifs is 3. The fraction of sp³-hybridized carbons (Fsp3) is 0.667. The Morgan fingerprint density at radius 3 is 2.78 bits per heavy atom. The van der Waals surface area contributed by atoms with Gasteiger partial charge in [0.25, 0.3) is 0 Å². The summed E-state index contributed by atoms with van der Waals surface area (Å²) in [4.78, 5) is 10.7. The van der Waals surface area contributed by atoms with Crippen LogP contribution in [0.2, 0.25) is 0 Å². The molecule has 1 aromatic heterocycles. The Kier molecular flexibility index (Phi) is 2.95. The summed E-state index contributed by atoms with van der Waals surface area (Å²) >= 11 is 0. The summed E-state index contributed by atoms with van der Waals surface area (Å²) in [5.74, 6) is 2.38. The average Bonchev–Trinajstić information content (AvgIpc) is 2.40. The van der Waals surface area contributed by atoms with Gasteiger partial charge >= 0.3 is 0 Å². The number of rotatable bonds is 3. The Morgan fingerprint density at radius 2 is 2.17 bits per heavy atom. The van der Waals surface area contributed by atoms with Gasteiger partial charge in [0.05, 0.1) is 7.11 Å². The van der Waals surface area contributed by atoms with Crippen molar-refractivity contribution >= 4 is 11.6 Å². The van der Waals surface area contributed by atoms with Crippen LogP contribution in [0, 0.1) is 5.92 Å². The van der Waals surface area contributed by atoms with Crippen molar-refractivity contribution < 1.29 is 4.74 Å². The highest BCUT2D eigenvalue weighted by molar-refractivity contribution is 5.61. The van der Waals surface area contributed by atoms with Gasteiger partial charge in [-0.25, -0.2) is 9.97 Å². The lowest BCUT2D eigenvalue weighted by molar-refractivity contribution is 0.0972. The predicted molar refractivity (Wildman–Crippen MR) is 69.6 cm³/mol. The second kappa shape index (κ2) is 4.61. The molecule has 98 valence electrons. The summed E-state index contributed by atoms with van der Waals surface area (Å²) in [5, 5.41) is 3.47. The van der Waals surface area contributed by atoms with Gasteiger partial charge in [0.2, 0.25) is 5.75 Å². The monoisotopic (exact) mass is 249 g/mol. The minimum atomic E-state index is 0.385. The van der Waals surface area contributed by atoms with E-state index in [9.17, 15) is 0 Å². The van der Waals surface area contributed by atoms with E-state index in [1.807, 2.05) is 0 Å². The number of ether oxygens (including phenoxy) is 1. The van der Waals surface area contributed by atoms with Gasteiger partial charge in [0, 0.05) is 12.6 Å². The topological polar surface area (TPSA) is 76.3 Å². The molecule has 0 aromatic carbocycles. The molecular weight excluding hydrogens is 230 g/mol. The van der Waals surface area contributed by atoms with Crippen molar-refractivity contribution in [3.8, 4) is 5.75 Å². The highest BCUT2D eigenvalue weighted by Crippen LogP contribution is 2.33. The van der Waals surface area contributed by atoms with Crippen molar-refractivity contribution in [2.75, 3.05) is 37.8 Å². The van der Waals surface area contributed by atoms with Crippen LogP contribution in [0.15, 0.2) is 6.33 Å². The molecule has 1 aromatic rings. The van der Waals surface area contributed by atoms with Crippen LogP contribution in [0.3, 0.4) is 0 Å². The lowest BCUT2D eigenvalue weighted by atomic mass is 9.84. The second-order valence-corrected chi connectivity index (χ2v) is 5.03. The summed E-state index contributed by atoms with van der Waals surface area (Å²) < 4.78 is 5.27. The van der Waals surface area contributed by atoms with E-state index < -0.39 is 0 Å². The quantitative estimate of drug-likeness (QED) is 0.816. The van der Waals surface area contributed by atoms with E-state index in [0.717, 1.165) is 12.5 Å². The molecule has 4 rings (SSSR count). The number of aromatic nitrogens is 2. The number of nitrogens with two attached hydrogens (primary N) is 1. The number of hydrogen-bond donors (Lipinski definition) is 2. The van der Waals surface area contributed by atoms with E-state index in [4.69, 9.17) is 10.5 Å². The summed E-state index contributed by atoms with van der Waals surface area (Å²) in [7, 11) is 1.59. The first-order chi connectivity index (χ1) is 8.78. The fourth-order valence-corrected chi connectivity index (χ4v) is 3.00. The van der Waals surface area contributed by atoms with Gasteiger partial charge in [0.1, 0.15) is 6.33 Å². The standard InChI is InChI=1S/C12H19N5O/c1-18-10-11(13)14-7-15-12(10)16-9-6-17-4-2-8(9)3-5-17/h7-9H,2-6H2,1H3,(H3,13,14,15,16). The van der Waals surface area contributed by atoms with E-state index >= 15 is 0 Å². The Labute approximate surface area is 107 Å². The van der Waals surface area contributed by atoms with Gasteiger partial charge in [-0.05, 0) is 31.8 Å². The SMILES string of the molecule is COc1c(N)ncnc1NC1CN2CCC1CC2. The van der Waals surface area contributed by atoms with E-state index in [-0.39, 0.29) is 0 Å². The van der Waals surface area contributed by atoms with Crippen molar-refractivity contribution in [3.05, 3.63) is 6.33 Å². The molecule has 2 bridgehead atoms. The van der Waals surface area contributed by atoms with Crippen LogP contribution in [0.4, 0.5) is 11.6 Å². The van der Waals surface area contributed by atoms with Crippen LogP contribution in [0.5, 0.6) is 5.75 Å². The van der Waals surface area contributed by atoms with E-state index in [0.29, 0.717) is 23.4 Å². The maximum Gasteiger partial charge on any atom is 0.203 e. The summed E-state index contributed by atoms with van der Waals surface area (Å²) in [5.41, 5.74) is 5.79. The maximum absolute atomic E-state index is 5.79. The molecule has 3 aliphatic heterocycles. The molecule has 3 N–H and O–H groups in total. The van der Waals surface area contributed by atoms with Crippen molar-refractivity contribution in [1.29, 1.82) is 0 Å². The molecule has 1 unspecified atom stereocenters. The Balaban J connectivity index is 1.78. The zero-order valence-electron chi connectivity index (χ0n) is 10.6. The molecule has 6 heteroatoms. The summed E-state index contributed by atoms with van der Waals surface area (Å²) in [6.07, 6.45) is 4.00. The van der Waals surface area contributed by atoms with Crippen LogP contribution in [0.25, 0.3) is 0 Å². The largest absolute Gasteiger partial charge is 0.490 e. The molecule has 0 spiro atoms. The van der Waals surface area contributed by atoms with Crippen LogP contribution < -0.4 is 15.8 Å². The highest BCUT2D eigenvalue weighted by Gasteiger charge is 2.34. The Morgan fingerprint density at radius 1 is 1.39 bits per heavy atom. The molecule has 4 heterocycles. The van der Waals surface area contributed by atoms with Gasteiger partial charge in [-0.15, -0.1) is 0 Å². The first-order valence-corrected chi connectivity index (χ1v) is 6.41. The molecule has 18 heavy (non-hydrogen) atoms. The number of nitrogens with zero attached hydrogens (tertiary/aromatic N) is 3. The summed E-state index contributed by atoms with van der Waals surface area (Å²) in [6, 6.07) is 0.440. The Hall–Kier alpha value is -1.56. The zero-order chi connectivity index (χ0) is 12.5. The third-order valence-corrected chi connectivity index (χ3v) is 4.01. The lowest BCUT2D eigenvalue weighted by Crippen LogP contribution is -2.53. The molecule has 0 radical (unpaired) electrons. The number of nitrogens with one attached hydrogen (secondary N) is 1. The van der Waals surface area contributed by atoms with Gasteiger partial charge in [-0.3, -0.25) is 0 Å². The van der Waals surface area contributed by atoms with Crippen LogP contribution in [-0.4, -0.2) is 47.7 Å². The predicted octanol–water partition coefficient (Wildman–Crippen LogP) is 0.573. The number of methoxy groups -OCH3 is 1. The van der Waals surface area contributed by atoms with Gasteiger partial charge in [0.15, 0.2) is 11.6 Å². The van der Waals surface area contributed by atoms with Crippen LogP contribution in [-0.2, 0) is 0 Å². The Bertz CT molecular complexity index is 430. The van der Waals surface area contributed by atoms with Crippen molar-refractivity contribution in [2.24, 2.45) is 5.92 Å². The first kappa shape index (κ1) is 11.5. The van der Waals surface area contributed by atoms with Gasteiger partial charge in [-0.2, -0.15) is 0 Å². The van der Waals surface area contributed by atoms with Crippen molar-refractivity contribution in [2.45, 2.75) is 18.9 Å². The minimum Gasteiger partial charge on any atom is -0.490 e. The highest BCUT2D eigenvalue weighted by atomic mass is 16.5. The average molecular weight is 249 g/mol. The molecular formula is C12H19N5O. The van der Waals surface area contributed by atoms with Gasteiger partial charge in [-0.1, -0.05) is 0 Å². The van der Waals surface area contributed by atoms with E-state index in [1.54, 1.807) is 7.11 Å². The number of anilines is 2. The number of hydrogen-bond acceptors (Lipinski definition) is 6. The molecule has 0 aliphatic carbocycles. The number of nitrogen functional groups attached to an aromatic ring is 1. The van der Waals surface area contributed by atoms with Crippen LogP contribution >= 0.6 is 0 Å². The maximum atomic E-state index is 5.79. The van der Waals surface area contributed by atoms with Crippen molar-refractivity contribution in [1.82, 2.24) is 14.9 Å². The first-order valence-electron chi connectivity index (χ1n) is 6.41. The third kappa shape index (κ3) is 1.96. The second-order valence-electron chi connectivity index (χ2n) is 5.03. The normalized spacial score (nSPS) is 30.2. The molecule has 3 aliphatic rings. The lowest BCUT2D eigenvalue weighted by Gasteiger charge is -2.45. The third-order valence-electron chi connectivity index (χ3n) is 4.01. The van der Waals surface area contributed by atoms with E-state index in [1.165, 1.54) is 32.3 Å². The zero-order valence-corrected chi connectivity index (χ0v) is 10.6. The van der Waals surface area contributed by atoms with E-state index in [2.05, 4.69) is 20.2 Å². The molecule has 6 nitrogen and oxygen atoms in total. The molecule has 0 amide bonds. The molecule has 3 fully saturated rings. The van der Waals surface area contributed by atoms with Crippen LogP contribution in [0.1, 0.15) is 12.8 Å². The molecule has 1 atom stereocenters. The minimum absolute atomic E-state index is 0.385. The fourth-order valence-electron chi connectivity index (χ4n) is 3.00. The molecule has 0 saturated carbocycles. The van der Waals surface area contributed by atoms with Crippen molar-refractivity contribution in [3.63, 3.8) is 0 Å². The smallest absolute Gasteiger partial charge is 0.203 e.